The second kappa shape index (κ2) is 11.6. The third-order valence-electron chi connectivity index (χ3n) is 4.06. The molecule has 0 bridgehead atoms. The number of rotatable bonds is 6. The fourth-order valence-corrected chi connectivity index (χ4v) is 2.89. The largest absolute Gasteiger partial charge is 0.0885 e. The van der Waals surface area contributed by atoms with Gasteiger partial charge in [0.1, 0.15) is 0 Å². The molecule has 0 heteroatoms. The molecule has 18 heavy (non-hydrogen) atoms. The fourth-order valence-electron chi connectivity index (χ4n) is 2.89. The van der Waals surface area contributed by atoms with Crippen molar-refractivity contribution in [2.24, 2.45) is 5.92 Å². The molecule has 0 aromatic carbocycles. The maximum absolute atomic E-state index is 2.40. The van der Waals surface area contributed by atoms with E-state index >= 15 is 0 Å². The van der Waals surface area contributed by atoms with Crippen LogP contribution in [0.15, 0.2) is 24.3 Å². The minimum absolute atomic E-state index is 1.01. The summed E-state index contributed by atoms with van der Waals surface area (Å²) in [5.74, 6) is 1.01. The fraction of sp³-hybridized carbons (Fsp3) is 0.778. The summed E-state index contributed by atoms with van der Waals surface area (Å²) >= 11 is 0. The molecule has 0 amide bonds. The van der Waals surface area contributed by atoms with Crippen molar-refractivity contribution in [2.45, 2.75) is 84.0 Å². The number of hydrogen-bond donors (Lipinski definition) is 0. The van der Waals surface area contributed by atoms with E-state index in [1.165, 1.54) is 64.2 Å². The van der Waals surface area contributed by atoms with Crippen molar-refractivity contribution in [1.29, 1.82) is 0 Å². The van der Waals surface area contributed by atoms with Crippen molar-refractivity contribution in [3.8, 4) is 0 Å². The van der Waals surface area contributed by atoms with Crippen LogP contribution in [-0.2, 0) is 0 Å². The first-order valence-electron chi connectivity index (χ1n) is 8.23. The monoisotopic (exact) mass is 248 g/mol. The summed E-state index contributed by atoms with van der Waals surface area (Å²) < 4.78 is 0. The van der Waals surface area contributed by atoms with E-state index in [0.29, 0.717) is 0 Å². The Kier molecular flexibility index (Phi) is 9.98. The Bertz CT molecular complexity index is 214. The molecule has 0 unspecified atom stereocenters. The van der Waals surface area contributed by atoms with Gasteiger partial charge in [-0.3, -0.25) is 0 Å². The number of allylic oxidation sites excluding steroid dienone is 4. The summed E-state index contributed by atoms with van der Waals surface area (Å²) in [6.07, 6.45) is 26.1. The molecule has 1 aliphatic rings. The van der Waals surface area contributed by atoms with Gasteiger partial charge in [-0.05, 0) is 31.6 Å². The van der Waals surface area contributed by atoms with Gasteiger partial charge >= 0.3 is 0 Å². The molecule has 0 heterocycles. The quantitative estimate of drug-likeness (QED) is 0.475. The molecule has 1 rings (SSSR count). The van der Waals surface area contributed by atoms with Crippen LogP contribution in [0.5, 0.6) is 0 Å². The van der Waals surface area contributed by atoms with Gasteiger partial charge in [0.25, 0.3) is 0 Å². The first-order chi connectivity index (χ1) is 8.93. The summed E-state index contributed by atoms with van der Waals surface area (Å²) in [5, 5.41) is 0. The molecule has 104 valence electrons. The van der Waals surface area contributed by atoms with E-state index in [-0.39, 0.29) is 0 Å². The molecule has 1 saturated carbocycles. The van der Waals surface area contributed by atoms with Crippen molar-refractivity contribution in [1.82, 2.24) is 0 Å². The average molecular weight is 248 g/mol. The Labute approximate surface area is 115 Å². The van der Waals surface area contributed by atoms with Crippen LogP contribution in [0.3, 0.4) is 0 Å². The van der Waals surface area contributed by atoms with Gasteiger partial charge in [0.2, 0.25) is 0 Å². The van der Waals surface area contributed by atoms with E-state index < -0.39 is 0 Å². The third kappa shape index (κ3) is 8.55. The van der Waals surface area contributed by atoms with Crippen molar-refractivity contribution < 1.29 is 0 Å². The lowest BCUT2D eigenvalue weighted by atomic mass is 9.92. The Balaban J connectivity index is 2.09. The van der Waals surface area contributed by atoms with Crippen molar-refractivity contribution in [3.05, 3.63) is 24.3 Å². The van der Waals surface area contributed by atoms with Gasteiger partial charge in [-0.15, -0.1) is 0 Å². The molecule has 0 aromatic heterocycles. The highest BCUT2D eigenvalue weighted by molar-refractivity contribution is 4.92. The van der Waals surface area contributed by atoms with E-state index in [1.807, 2.05) is 0 Å². The molecule has 0 nitrogen and oxygen atoms in total. The lowest BCUT2D eigenvalue weighted by molar-refractivity contribution is 0.403. The number of hydrogen-bond acceptors (Lipinski definition) is 0. The normalized spacial score (nSPS) is 20.1. The van der Waals surface area contributed by atoms with Crippen LogP contribution in [0.4, 0.5) is 0 Å². The third-order valence-corrected chi connectivity index (χ3v) is 4.06. The van der Waals surface area contributed by atoms with Gasteiger partial charge in [-0.25, -0.2) is 0 Å². The summed E-state index contributed by atoms with van der Waals surface area (Å²) in [5.41, 5.74) is 0. The molecule has 1 fully saturated rings. The molecule has 0 aromatic rings. The molecular weight excluding hydrogens is 216 g/mol. The summed E-state index contributed by atoms with van der Waals surface area (Å²) in [6, 6.07) is 0. The highest BCUT2D eigenvalue weighted by Gasteiger charge is 2.09. The lowest BCUT2D eigenvalue weighted by Gasteiger charge is -2.14. The first kappa shape index (κ1) is 15.5. The highest BCUT2D eigenvalue weighted by atomic mass is 14.1. The Morgan fingerprint density at radius 1 is 0.778 bits per heavy atom. The molecule has 0 saturated heterocycles. The molecule has 0 aliphatic heterocycles. The topological polar surface area (TPSA) is 0 Å². The van der Waals surface area contributed by atoms with Crippen LogP contribution in [0.25, 0.3) is 0 Å². The lowest BCUT2D eigenvalue weighted by Crippen LogP contribution is -1.99. The zero-order chi connectivity index (χ0) is 12.9. The van der Waals surface area contributed by atoms with Crippen LogP contribution in [0.1, 0.15) is 84.0 Å². The predicted octanol–water partition coefficient (Wildman–Crippen LogP) is 6.43. The summed E-state index contributed by atoms with van der Waals surface area (Å²) in [6.45, 7) is 2.19. The molecule has 0 radical (unpaired) electrons. The van der Waals surface area contributed by atoms with E-state index in [9.17, 15) is 0 Å². The zero-order valence-corrected chi connectivity index (χ0v) is 12.4. The maximum atomic E-state index is 2.40. The van der Waals surface area contributed by atoms with Gasteiger partial charge in [-0.2, -0.15) is 0 Å². The molecule has 1 aliphatic carbocycles. The Morgan fingerprint density at radius 2 is 1.39 bits per heavy atom. The maximum Gasteiger partial charge on any atom is -0.0169 e. The van der Waals surface area contributed by atoms with E-state index in [0.717, 1.165) is 18.8 Å². The van der Waals surface area contributed by atoms with Crippen molar-refractivity contribution >= 4 is 0 Å². The van der Waals surface area contributed by atoms with Crippen LogP contribution in [0, 0.1) is 5.92 Å². The Hall–Kier alpha value is -0.520. The Morgan fingerprint density at radius 3 is 2.06 bits per heavy atom. The molecular formula is C18H32. The van der Waals surface area contributed by atoms with Crippen LogP contribution >= 0.6 is 0 Å². The zero-order valence-electron chi connectivity index (χ0n) is 12.4. The summed E-state index contributed by atoms with van der Waals surface area (Å²) in [4.78, 5) is 0. The second-order valence-electron chi connectivity index (χ2n) is 5.73. The van der Waals surface area contributed by atoms with E-state index in [1.54, 1.807) is 0 Å². The average Bonchev–Trinajstić information content (AvgIpc) is 2.51. The predicted molar refractivity (Wildman–Crippen MR) is 82.8 cm³/mol. The van der Waals surface area contributed by atoms with Gasteiger partial charge in [0.15, 0.2) is 0 Å². The SMILES string of the molecule is CCC=CCC=CCCC1CCCCCCCC1. The van der Waals surface area contributed by atoms with Crippen LogP contribution in [0.2, 0.25) is 0 Å². The van der Waals surface area contributed by atoms with E-state index in [4.69, 9.17) is 0 Å². The van der Waals surface area contributed by atoms with E-state index in [2.05, 4.69) is 31.2 Å². The van der Waals surface area contributed by atoms with Crippen molar-refractivity contribution in [3.63, 3.8) is 0 Å². The second-order valence-corrected chi connectivity index (χ2v) is 5.73. The van der Waals surface area contributed by atoms with Gasteiger partial charge < -0.3 is 0 Å². The minimum atomic E-state index is 1.01. The first-order valence-corrected chi connectivity index (χ1v) is 8.23. The van der Waals surface area contributed by atoms with Gasteiger partial charge in [-0.1, -0.05) is 82.6 Å². The van der Waals surface area contributed by atoms with Crippen LogP contribution in [-0.4, -0.2) is 0 Å². The minimum Gasteiger partial charge on any atom is -0.0885 e. The highest BCUT2D eigenvalue weighted by Crippen LogP contribution is 2.25. The van der Waals surface area contributed by atoms with Crippen molar-refractivity contribution in [2.75, 3.05) is 0 Å². The summed E-state index contributed by atoms with van der Waals surface area (Å²) in [7, 11) is 0. The van der Waals surface area contributed by atoms with Crippen LogP contribution < -0.4 is 0 Å². The standard InChI is InChI=1S/C18H32/c1-2-3-4-5-6-9-12-15-18-16-13-10-7-8-11-14-17-18/h3-4,6,9,18H,2,5,7-8,10-17H2,1H3. The molecule has 0 spiro atoms. The van der Waals surface area contributed by atoms with Gasteiger partial charge in [0.05, 0.1) is 0 Å². The molecule has 0 N–H and O–H groups in total. The molecule has 0 atom stereocenters. The smallest absolute Gasteiger partial charge is 0.0169 e. The van der Waals surface area contributed by atoms with Gasteiger partial charge in [0, 0.05) is 0 Å².